The van der Waals surface area contributed by atoms with Crippen molar-refractivity contribution >= 4 is 34.6 Å². The van der Waals surface area contributed by atoms with E-state index in [-0.39, 0.29) is 5.91 Å². The number of para-hydroxylation sites is 1. The molecule has 6 heteroatoms. The van der Waals surface area contributed by atoms with Crippen LogP contribution in [0.25, 0.3) is 0 Å². The van der Waals surface area contributed by atoms with Gasteiger partial charge < -0.3 is 10.6 Å². The Labute approximate surface area is 138 Å². The molecule has 3 aromatic rings. The number of thiophene rings is 1. The fourth-order valence-corrected chi connectivity index (χ4v) is 2.81. The molecule has 0 unspecified atom stereocenters. The molecule has 0 atom stereocenters. The van der Waals surface area contributed by atoms with Crippen molar-refractivity contribution in [3.63, 3.8) is 0 Å². The van der Waals surface area contributed by atoms with Gasteiger partial charge >= 0.3 is 0 Å². The first-order valence-corrected chi connectivity index (χ1v) is 8.03. The first-order valence-electron chi connectivity index (χ1n) is 7.15. The number of rotatable bonds is 4. The zero-order valence-electron chi connectivity index (χ0n) is 12.8. The summed E-state index contributed by atoms with van der Waals surface area (Å²) in [7, 11) is 0. The van der Waals surface area contributed by atoms with Gasteiger partial charge in [-0.05, 0) is 48.6 Å². The maximum atomic E-state index is 12.0. The number of carbonyl (C=O) groups excluding carboxylic acids is 1. The van der Waals surface area contributed by atoms with Gasteiger partial charge in [0.2, 0.25) is 0 Å². The van der Waals surface area contributed by atoms with Gasteiger partial charge in [-0.25, -0.2) is 0 Å². The van der Waals surface area contributed by atoms with Crippen molar-refractivity contribution in [2.75, 3.05) is 10.6 Å². The predicted molar refractivity (Wildman–Crippen MR) is 93.5 cm³/mol. The lowest BCUT2D eigenvalue weighted by molar-refractivity contribution is 0.103. The molecule has 0 radical (unpaired) electrons. The third-order valence-electron chi connectivity index (χ3n) is 3.39. The smallest absolute Gasteiger partial charge is 0.266 e. The first kappa shape index (κ1) is 15.2. The number of nitrogens with zero attached hydrogens (tertiary/aromatic N) is 2. The van der Waals surface area contributed by atoms with Crippen LogP contribution in [0.5, 0.6) is 0 Å². The van der Waals surface area contributed by atoms with Crippen molar-refractivity contribution in [1.82, 2.24) is 10.2 Å². The van der Waals surface area contributed by atoms with E-state index in [0.717, 1.165) is 16.8 Å². The van der Waals surface area contributed by atoms with Crippen LogP contribution in [0.2, 0.25) is 0 Å². The van der Waals surface area contributed by atoms with Gasteiger partial charge in [0.1, 0.15) is 0 Å². The molecule has 2 N–H and O–H groups in total. The van der Waals surface area contributed by atoms with E-state index in [0.29, 0.717) is 16.5 Å². The Morgan fingerprint density at radius 2 is 1.65 bits per heavy atom. The standard InChI is InChI=1S/C17H16N4OS/c1-11-5-3-6-12(2)16(11)18-14-8-9-15(21-20-14)19-17(22)13-7-4-10-23-13/h3-10H,1-2H3,(H,18,20)(H,19,21,22). The highest BCUT2D eigenvalue weighted by molar-refractivity contribution is 7.12. The normalized spacial score (nSPS) is 10.3. The summed E-state index contributed by atoms with van der Waals surface area (Å²) in [5, 5.41) is 16.0. The maximum Gasteiger partial charge on any atom is 0.266 e. The van der Waals surface area contributed by atoms with Crippen LogP contribution in [0.1, 0.15) is 20.8 Å². The Kier molecular flexibility index (Phi) is 4.34. The number of aromatic nitrogens is 2. The molecule has 116 valence electrons. The van der Waals surface area contributed by atoms with Crippen molar-refractivity contribution < 1.29 is 4.79 Å². The van der Waals surface area contributed by atoms with Gasteiger partial charge in [0.25, 0.3) is 5.91 Å². The van der Waals surface area contributed by atoms with Crippen LogP contribution in [-0.4, -0.2) is 16.1 Å². The predicted octanol–water partition coefficient (Wildman–Crippen LogP) is 4.15. The van der Waals surface area contributed by atoms with Crippen molar-refractivity contribution in [3.8, 4) is 0 Å². The highest BCUT2D eigenvalue weighted by Crippen LogP contribution is 2.23. The van der Waals surface area contributed by atoms with Crippen LogP contribution in [0.3, 0.4) is 0 Å². The van der Waals surface area contributed by atoms with Crippen LogP contribution < -0.4 is 10.6 Å². The maximum absolute atomic E-state index is 12.0. The average Bonchev–Trinajstić information content (AvgIpc) is 3.07. The molecule has 0 saturated heterocycles. The van der Waals surface area contributed by atoms with Crippen LogP contribution >= 0.6 is 11.3 Å². The van der Waals surface area contributed by atoms with Crippen LogP contribution in [0, 0.1) is 13.8 Å². The molecule has 0 bridgehead atoms. The van der Waals surface area contributed by atoms with Crippen molar-refractivity contribution in [2.24, 2.45) is 0 Å². The van der Waals surface area contributed by atoms with E-state index in [9.17, 15) is 4.79 Å². The minimum absolute atomic E-state index is 0.176. The summed E-state index contributed by atoms with van der Waals surface area (Å²) in [5.41, 5.74) is 3.31. The van der Waals surface area contributed by atoms with Gasteiger partial charge in [0.05, 0.1) is 4.88 Å². The fraction of sp³-hybridized carbons (Fsp3) is 0.118. The summed E-state index contributed by atoms with van der Waals surface area (Å²) >= 11 is 1.39. The minimum Gasteiger partial charge on any atom is -0.338 e. The molecule has 5 nitrogen and oxygen atoms in total. The molecule has 1 amide bonds. The Bertz CT molecular complexity index is 793. The fourth-order valence-electron chi connectivity index (χ4n) is 2.19. The van der Waals surface area contributed by atoms with Gasteiger partial charge in [-0.2, -0.15) is 0 Å². The lowest BCUT2D eigenvalue weighted by Crippen LogP contribution is -2.12. The van der Waals surface area contributed by atoms with Crippen LogP contribution in [0.15, 0.2) is 47.8 Å². The molecule has 2 heterocycles. The van der Waals surface area contributed by atoms with Gasteiger partial charge in [-0.1, -0.05) is 24.3 Å². The van der Waals surface area contributed by atoms with E-state index in [1.54, 1.807) is 18.2 Å². The van der Waals surface area contributed by atoms with E-state index < -0.39 is 0 Å². The number of aryl methyl sites for hydroxylation is 2. The van der Waals surface area contributed by atoms with E-state index in [2.05, 4.69) is 20.8 Å². The monoisotopic (exact) mass is 324 g/mol. The molecular weight excluding hydrogens is 308 g/mol. The highest BCUT2D eigenvalue weighted by atomic mass is 32.1. The zero-order chi connectivity index (χ0) is 16.2. The topological polar surface area (TPSA) is 66.9 Å². The second kappa shape index (κ2) is 6.58. The van der Waals surface area contributed by atoms with Crippen molar-refractivity contribution in [1.29, 1.82) is 0 Å². The molecule has 1 aromatic carbocycles. The van der Waals surface area contributed by atoms with Crippen molar-refractivity contribution in [2.45, 2.75) is 13.8 Å². The molecule has 0 aliphatic carbocycles. The summed E-state index contributed by atoms with van der Waals surface area (Å²) in [6.45, 7) is 4.08. The number of nitrogens with one attached hydrogen (secondary N) is 2. The minimum atomic E-state index is -0.176. The molecule has 0 aliphatic rings. The second-order valence-corrected chi connectivity index (χ2v) is 6.07. The number of hydrogen-bond donors (Lipinski definition) is 2. The summed E-state index contributed by atoms with van der Waals surface area (Å²) in [5.74, 6) is 0.886. The molecule has 0 saturated carbocycles. The van der Waals surface area contributed by atoms with E-state index in [1.165, 1.54) is 11.3 Å². The Balaban J connectivity index is 1.71. The molecule has 23 heavy (non-hydrogen) atoms. The zero-order valence-corrected chi connectivity index (χ0v) is 13.6. The molecule has 0 fully saturated rings. The average molecular weight is 324 g/mol. The van der Waals surface area contributed by atoms with Crippen LogP contribution in [0.4, 0.5) is 17.3 Å². The number of hydrogen-bond acceptors (Lipinski definition) is 5. The van der Waals surface area contributed by atoms with Gasteiger partial charge in [-0.3, -0.25) is 4.79 Å². The Hall–Kier alpha value is -2.73. The van der Waals surface area contributed by atoms with Crippen molar-refractivity contribution in [3.05, 3.63) is 63.8 Å². The second-order valence-electron chi connectivity index (χ2n) is 5.13. The lowest BCUT2D eigenvalue weighted by atomic mass is 10.1. The number of carbonyl (C=O) groups is 1. The summed E-state index contributed by atoms with van der Waals surface area (Å²) in [6.07, 6.45) is 0. The molecule has 2 aromatic heterocycles. The first-order chi connectivity index (χ1) is 11.1. The van der Waals surface area contributed by atoms with Gasteiger partial charge in [-0.15, -0.1) is 21.5 Å². The third kappa shape index (κ3) is 3.54. The highest BCUT2D eigenvalue weighted by Gasteiger charge is 2.08. The largest absolute Gasteiger partial charge is 0.338 e. The third-order valence-corrected chi connectivity index (χ3v) is 4.25. The number of benzene rings is 1. The molecule has 0 aliphatic heterocycles. The van der Waals surface area contributed by atoms with Gasteiger partial charge in [0.15, 0.2) is 11.6 Å². The number of anilines is 3. The Morgan fingerprint density at radius 1 is 0.957 bits per heavy atom. The summed E-state index contributed by atoms with van der Waals surface area (Å²) in [4.78, 5) is 12.6. The van der Waals surface area contributed by atoms with Gasteiger partial charge in [0, 0.05) is 5.69 Å². The van der Waals surface area contributed by atoms with E-state index >= 15 is 0 Å². The Morgan fingerprint density at radius 3 is 2.26 bits per heavy atom. The van der Waals surface area contributed by atoms with E-state index in [1.807, 2.05) is 43.5 Å². The number of amides is 1. The summed E-state index contributed by atoms with van der Waals surface area (Å²) in [6, 6.07) is 13.2. The van der Waals surface area contributed by atoms with E-state index in [4.69, 9.17) is 0 Å². The SMILES string of the molecule is Cc1cccc(C)c1Nc1ccc(NC(=O)c2cccs2)nn1. The molecule has 3 rings (SSSR count). The van der Waals surface area contributed by atoms with Crippen LogP contribution in [-0.2, 0) is 0 Å². The lowest BCUT2D eigenvalue weighted by Gasteiger charge is -2.11. The molecular formula is C17H16N4OS. The quantitative estimate of drug-likeness (QED) is 0.756. The summed E-state index contributed by atoms with van der Waals surface area (Å²) < 4.78 is 0. The molecule has 0 spiro atoms.